The van der Waals surface area contributed by atoms with Crippen molar-refractivity contribution in [3.05, 3.63) is 32.4 Å². The SMILES string of the molecule is CCCCCCOc1cc(N)c([N+](=O)[O-])cc1[N+](=O)[O-]. The molecule has 0 heterocycles. The lowest BCUT2D eigenvalue weighted by molar-refractivity contribution is -0.394. The number of nitrogen functional groups attached to an aromatic ring is 1. The van der Waals surface area contributed by atoms with Gasteiger partial charge in [-0.25, -0.2) is 0 Å². The van der Waals surface area contributed by atoms with Crippen molar-refractivity contribution in [2.75, 3.05) is 12.3 Å². The minimum Gasteiger partial charge on any atom is -0.487 e. The zero-order valence-corrected chi connectivity index (χ0v) is 11.2. The predicted octanol–water partition coefficient (Wildman–Crippen LogP) is 3.04. The summed E-state index contributed by atoms with van der Waals surface area (Å²) in [5.41, 5.74) is 4.42. The fraction of sp³-hybridized carbons (Fsp3) is 0.500. The van der Waals surface area contributed by atoms with Crippen molar-refractivity contribution >= 4 is 17.1 Å². The van der Waals surface area contributed by atoms with Gasteiger partial charge in [-0.15, -0.1) is 0 Å². The lowest BCUT2D eigenvalue weighted by Crippen LogP contribution is -2.03. The third-order valence-corrected chi connectivity index (χ3v) is 2.76. The zero-order chi connectivity index (χ0) is 15.1. The molecule has 0 unspecified atom stereocenters. The van der Waals surface area contributed by atoms with Crippen LogP contribution in [0.4, 0.5) is 17.1 Å². The highest BCUT2D eigenvalue weighted by Crippen LogP contribution is 2.36. The molecule has 8 nitrogen and oxygen atoms in total. The molecule has 0 aliphatic carbocycles. The molecule has 0 aliphatic heterocycles. The summed E-state index contributed by atoms with van der Waals surface area (Å²) in [5, 5.41) is 21.6. The quantitative estimate of drug-likeness (QED) is 0.338. The topological polar surface area (TPSA) is 122 Å². The van der Waals surface area contributed by atoms with E-state index < -0.39 is 21.2 Å². The molecule has 0 spiro atoms. The average Bonchev–Trinajstić information content (AvgIpc) is 2.37. The number of hydrogen-bond acceptors (Lipinski definition) is 6. The van der Waals surface area contributed by atoms with Crippen molar-refractivity contribution in [1.82, 2.24) is 0 Å². The third-order valence-electron chi connectivity index (χ3n) is 2.76. The summed E-state index contributed by atoms with van der Waals surface area (Å²) in [6, 6.07) is 1.97. The number of benzene rings is 1. The molecule has 0 amide bonds. The van der Waals surface area contributed by atoms with Crippen molar-refractivity contribution in [3.63, 3.8) is 0 Å². The first-order valence-corrected chi connectivity index (χ1v) is 6.32. The Labute approximate surface area is 115 Å². The number of nitro groups is 2. The normalized spacial score (nSPS) is 10.2. The summed E-state index contributed by atoms with van der Waals surface area (Å²) in [5.74, 6) is -0.0328. The standard InChI is InChI=1S/C12H17N3O5/c1-2-3-4-5-6-20-12-7-9(13)10(14(16)17)8-11(12)15(18)19/h7-8H,2-6,13H2,1H3. The molecule has 0 bridgehead atoms. The molecule has 1 rings (SSSR count). The van der Waals surface area contributed by atoms with Crippen LogP contribution in [0.5, 0.6) is 5.75 Å². The summed E-state index contributed by atoms with van der Waals surface area (Å²) < 4.78 is 5.32. The van der Waals surface area contributed by atoms with Crippen molar-refractivity contribution in [3.8, 4) is 5.75 Å². The summed E-state index contributed by atoms with van der Waals surface area (Å²) in [7, 11) is 0. The molecule has 8 heteroatoms. The monoisotopic (exact) mass is 283 g/mol. The van der Waals surface area contributed by atoms with Gasteiger partial charge < -0.3 is 10.5 Å². The molecule has 0 fully saturated rings. The van der Waals surface area contributed by atoms with Crippen LogP contribution in [0.3, 0.4) is 0 Å². The second kappa shape index (κ2) is 7.27. The fourth-order valence-corrected chi connectivity index (χ4v) is 1.70. The second-order valence-corrected chi connectivity index (χ2v) is 4.30. The molecule has 20 heavy (non-hydrogen) atoms. The lowest BCUT2D eigenvalue weighted by atomic mass is 10.2. The first-order chi connectivity index (χ1) is 9.47. The number of unbranched alkanes of at least 4 members (excludes halogenated alkanes) is 3. The molecule has 0 atom stereocenters. The summed E-state index contributed by atoms with van der Waals surface area (Å²) in [4.78, 5) is 20.1. The van der Waals surface area contributed by atoms with E-state index in [0.29, 0.717) is 6.61 Å². The highest BCUT2D eigenvalue weighted by Gasteiger charge is 2.24. The number of nitro benzene ring substituents is 2. The molecule has 2 N–H and O–H groups in total. The van der Waals surface area contributed by atoms with E-state index >= 15 is 0 Å². The molecule has 0 aromatic heterocycles. The maximum Gasteiger partial charge on any atom is 0.317 e. The van der Waals surface area contributed by atoms with Crippen LogP contribution < -0.4 is 10.5 Å². The molecule has 0 radical (unpaired) electrons. The Balaban J connectivity index is 2.86. The molecule has 0 aliphatic rings. The van der Waals surface area contributed by atoms with Crippen molar-refractivity contribution in [1.29, 1.82) is 0 Å². The van der Waals surface area contributed by atoms with Crippen LogP contribution in [0.25, 0.3) is 0 Å². The van der Waals surface area contributed by atoms with Gasteiger partial charge in [-0.1, -0.05) is 26.2 Å². The maximum atomic E-state index is 10.9. The smallest absolute Gasteiger partial charge is 0.317 e. The third kappa shape index (κ3) is 4.08. The number of rotatable bonds is 8. The minimum atomic E-state index is -0.757. The van der Waals surface area contributed by atoms with Crippen LogP contribution in [0.2, 0.25) is 0 Å². The number of ether oxygens (including phenoxy) is 1. The predicted molar refractivity (Wildman–Crippen MR) is 73.8 cm³/mol. The lowest BCUT2D eigenvalue weighted by Gasteiger charge is -2.07. The van der Waals surface area contributed by atoms with Crippen LogP contribution in [-0.2, 0) is 0 Å². The van der Waals surface area contributed by atoms with Gasteiger partial charge in [0.2, 0.25) is 0 Å². The van der Waals surface area contributed by atoms with Gasteiger partial charge in [-0.2, -0.15) is 0 Å². The summed E-state index contributed by atoms with van der Waals surface area (Å²) in [6.07, 6.45) is 3.87. The van der Waals surface area contributed by atoms with Crippen LogP contribution in [0, 0.1) is 20.2 Å². The first kappa shape index (κ1) is 15.7. The van der Waals surface area contributed by atoms with Gasteiger partial charge in [0.05, 0.1) is 22.5 Å². The fourth-order valence-electron chi connectivity index (χ4n) is 1.70. The van der Waals surface area contributed by atoms with Crippen molar-refractivity contribution < 1.29 is 14.6 Å². The molecule has 110 valence electrons. The molecule has 1 aromatic rings. The molecule has 1 aromatic carbocycles. The molecular weight excluding hydrogens is 266 g/mol. The average molecular weight is 283 g/mol. The van der Waals surface area contributed by atoms with E-state index in [0.717, 1.165) is 37.8 Å². The van der Waals surface area contributed by atoms with Crippen molar-refractivity contribution in [2.24, 2.45) is 0 Å². The van der Waals surface area contributed by atoms with Crippen LogP contribution in [0.15, 0.2) is 12.1 Å². The van der Waals surface area contributed by atoms with E-state index in [1.807, 2.05) is 0 Å². The van der Waals surface area contributed by atoms with Gasteiger partial charge in [-0.05, 0) is 6.42 Å². The minimum absolute atomic E-state index is 0.0328. The zero-order valence-electron chi connectivity index (χ0n) is 11.2. The van der Waals surface area contributed by atoms with E-state index in [1.54, 1.807) is 0 Å². The second-order valence-electron chi connectivity index (χ2n) is 4.30. The Hall–Kier alpha value is -2.38. The summed E-state index contributed by atoms with van der Waals surface area (Å²) >= 11 is 0. The number of hydrogen-bond donors (Lipinski definition) is 1. The largest absolute Gasteiger partial charge is 0.487 e. The Kier molecular flexibility index (Phi) is 5.70. The van der Waals surface area contributed by atoms with Crippen molar-refractivity contribution in [2.45, 2.75) is 32.6 Å². The van der Waals surface area contributed by atoms with E-state index in [9.17, 15) is 20.2 Å². The first-order valence-electron chi connectivity index (χ1n) is 6.32. The van der Waals surface area contributed by atoms with Gasteiger partial charge in [0.15, 0.2) is 5.75 Å². The van der Waals surface area contributed by atoms with Gasteiger partial charge in [-0.3, -0.25) is 20.2 Å². The maximum absolute atomic E-state index is 10.9. The van der Waals surface area contributed by atoms with Crippen LogP contribution in [-0.4, -0.2) is 16.5 Å². The number of nitrogens with zero attached hydrogens (tertiary/aromatic N) is 2. The van der Waals surface area contributed by atoms with Crippen LogP contribution in [0.1, 0.15) is 32.6 Å². The van der Waals surface area contributed by atoms with E-state index in [4.69, 9.17) is 10.5 Å². The summed E-state index contributed by atoms with van der Waals surface area (Å²) in [6.45, 7) is 2.39. The van der Waals surface area contributed by atoms with Gasteiger partial charge in [0.25, 0.3) is 5.69 Å². The Morgan fingerprint density at radius 2 is 1.75 bits per heavy atom. The number of nitrogens with two attached hydrogens (primary N) is 1. The Bertz CT molecular complexity index is 504. The molecular formula is C12H17N3O5. The molecule has 0 saturated carbocycles. The highest BCUT2D eigenvalue weighted by molar-refractivity contribution is 5.68. The van der Waals surface area contributed by atoms with Gasteiger partial charge in [0.1, 0.15) is 5.69 Å². The van der Waals surface area contributed by atoms with Crippen LogP contribution >= 0.6 is 0 Å². The Morgan fingerprint density at radius 1 is 1.10 bits per heavy atom. The van der Waals surface area contributed by atoms with E-state index in [2.05, 4.69) is 6.92 Å². The Morgan fingerprint density at radius 3 is 2.30 bits per heavy atom. The highest BCUT2D eigenvalue weighted by atomic mass is 16.6. The van der Waals surface area contributed by atoms with Gasteiger partial charge in [0, 0.05) is 6.07 Å². The van der Waals surface area contributed by atoms with E-state index in [1.165, 1.54) is 0 Å². The van der Waals surface area contributed by atoms with E-state index in [-0.39, 0.29) is 11.4 Å². The van der Waals surface area contributed by atoms with Gasteiger partial charge >= 0.3 is 5.69 Å². The molecule has 0 saturated heterocycles. The number of anilines is 1.